The van der Waals surface area contributed by atoms with Crippen molar-refractivity contribution in [3.8, 4) is 0 Å². The number of sulfonamides is 1. The molecule has 1 aromatic carbocycles. The highest BCUT2D eigenvalue weighted by atomic mass is 32.2. The van der Waals surface area contributed by atoms with Crippen molar-refractivity contribution in [3.63, 3.8) is 0 Å². The number of amides is 1. The van der Waals surface area contributed by atoms with Crippen LogP contribution in [0, 0.1) is 0 Å². The summed E-state index contributed by atoms with van der Waals surface area (Å²) in [5.41, 5.74) is 0.746. The van der Waals surface area contributed by atoms with E-state index >= 15 is 0 Å². The lowest BCUT2D eigenvalue weighted by Gasteiger charge is -2.29. The normalized spacial score (nSPS) is 19.6. The maximum Gasteiger partial charge on any atom is 0.407 e. The summed E-state index contributed by atoms with van der Waals surface area (Å²) in [7, 11) is -3.60. The topological polar surface area (TPSA) is 116 Å². The summed E-state index contributed by atoms with van der Waals surface area (Å²) >= 11 is 0. The molecular weight excluding hydrogens is 372 g/mol. The number of nitrogens with zero attached hydrogens (tertiary/aromatic N) is 3. The average molecular weight is 394 g/mol. The predicted octanol–water partition coefficient (Wildman–Crippen LogP) is 2.17. The van der Waals surface area contributed by atoms with Crippen LogP contribution in [0.4, 0.5) is 10.8 Å². The fourth-order valence-electron chi connectivity index (χ4n) is 3.65. The Kier molecular flexibility index (Phi) is 4.68. The number of oxazole rings is 1. The number of carboxylic acid groups (broad SMARTS) is 1. The van der Waals surface area contributed by atoms with Gasteiger partial charge in [0.1, 0.15) is 10.4 Å². The van der Waals surface area contributed by atoms with Crippen molar-refractivity contribution in [2.45, 2.75) is 36.6 Å². The summed E-state index contributed by atoms with van der Waals surface area (Å²) in [5, 5.41) is 12.2. The summed E-state index contributed by atoms with van der Waals surface area (Å²) in [4.78, 5) is 16.9. The molecule has 0 atom stereocenters. The number of hydrogen-bond acceptors (Lipinski definition) is 6. The maximum absolute atomic E-state index is 12.9. The third-order valence-electron chi connectivity index (χ3n) is 5.15. The van der Waals surface area contributed by atoms with Crippen LogP contribution in [-0.4, -0.2) is 66.0 Å². The van der Waals surface area contributed by atoms with Gasteiger partial charge in [-0.2, -0.15) is 9.29 Å². The van der Waals surface area contributed by atoms with E-state index in [1.807, 2.05) is 0 Å². The standard InChI is InChI=1S/C17H22N4O5S/c22-17(23)20-10-6-12(7-11-20)18-16-19-13-4-3-5-14(15(13)26-16)27(24,25)21-8-1-2-9-21/h3-5,12H,1-2,6-11H2,(H,18,19)(H,22,23). The lowest BCUT2D eigenvalue weighted by Crippen LogP contribution is -2.41. The molecule has 0 aliphatic carbocycles. The molecule has 0 unspecified atom stereocenters. The highest BCUT2D eigenvalue weighted by Crippen LogP contribution is 2.30. The van der Waals surface area contributed by atoms with Crippen LogP contribution in [0.25, 0.3) is 11.1 Å². The summed E-state index contributed by atoms with van der Waals surface area (Å²) in [6.07, 6.45) is 2.11. The highest BCUT2D eigenvalue weighted by Gasteiger charge is 2.31. The van der Waals surface area contributed by atoms with Crippen molar-refractivity contribution in [3.05, 3.63) is 18.2 Å². The van der Waals surface area contributed by atoms with E-state index in [1.54, 1.807) is 18.2 Å². The Bertz CT molecular complexity index is 943. The van der Waals surface area contributed by atoms with Crippen LogP contribution in [0.2, 0.25) is 0 Å². The number of anilines is 1. The molecule has 0 spiro atoms. The van der Waals surface area contributed by atoms with Crippen molar-refractivity contribution >= 4 is 33.2 Å². The van der Waals surface area contributed by atoms with Crippen LogP contribution in [-0.2, 0) is 10.0 Å². The quantitative estimate of drug-likeness (QED) is 0.816. The van der Waals surface area contributed by atoms with Crippen LogP contribution in [0.3, 0.4) is 0 Å². The SMILES string of the molecule is O=C(O)N1CCC(Nc2nc3cccc(S(=O)(=O)N4CCCC4)c3o2)CC1. The first-order chi connectivity index (χ1) is 12.9. The second-order valence-corrected chi connectivity index (χ2v) is 8.83. The minimum Gasteiger partial charge on any atom is -0.465 e. The van der Waals surface area contributed by atoms with Gasteiger partial charge >= 0.3 is 6.09 Å². The summed E-state index contributed by atoms with van der Waals surface area (Å²) in [5.74, 6) is 0. The summed E-state index contributed by atoms with van der Waals surface area (Å²) in [6, 6.07) is 5.24. The molecule has 27 heavy (non-hydrogen) atoms. The van der Waals surface area contributed by atoms with Gasteiger partial charge in [-0.1, -0.05) is 6.07 Å². The number of para-hydroxylation sites is 1. The van der Waals surface area contributed by atoms with E-state index in [2.05, 4.69) is 10.3 Å². The van der Waals surface area contributed by atoms with Gasteiger partial charge in [0.2, 0.25) is 10.0 Å². The van der Waals surface area contributed by atoms with Crippen LogP contribution in [0.1, 0.15) is 25.7 Å². The van der Waals surface area contributed by atoms with Gasteiger partial charge in [-0.25, -0.2) is 13.2 Å². The largest absolute Gasteiger partial charge is 0.465 e. The van der Waals surface area contributed by atoms with E-state index in [0.29, 0.717) is 44.5 Å². The molecule has 2 aromatic rings. The Labute approximate surface area is 157 Å². The van der Waals surface area contributed by atoms with E-state index in [0.717, 1.165) is 12.8 Å². The van der Waals surface area contributed by atoms with Gasteiger partial charge in [0.25, 0.3) is 6.01 Å². The van der Waals surface area contributed by atoms with Crippen molar-refractivity contribution in [1.82, 2.24) is 14.2 Å². The number of aromatic nitrogens is 1. The molecule has 1 amide bonds. The molecule has 2 saturated heterocycles. The predicted molar refractivity (Wildman–Crippen MR) is 98.2 cm³/mol. The Morgan fingerprint density at radius 3 is 2.56 bits per heavy atom. The van der Waals surface area contributed by atoms with E-state index < -0.39 is 16.1 Å². The molecule has 0 saturated carbocycles. The fourth-order valence-corrected chi connectivity index (χ4v) is 5.29. The average Bonchev–Trinajstić information content (AvgIpc) is 3.31. The molecule has 146 valence electrons. The number of carbonyl (C=O) groups is 1. The molecular formula is C17H22N4O5S. The maximum atomic E-state index is 12.9. The number of nitrogens with one attached hydrogen (secondary N) is 1. The van der Waals surface area contributed by atoms with E-state index in [1.165, 1.54) is 9.21 Å². The van der Waals surface area contributed by atoms with Gasteiger partial charge in [0, 0.05) is 32.2 Å². The van der Waals surface area contributed by atoms with Crippen LogP contribution in [0.15, 0.2) is 27.5 Å². The van der Waals surface area contributed by atoms with Gasteiger partial charge < -0.3 is 19.7 Å². The molecule has 0 radical (unpaired) electrons. The monoisotopic (exact) mass is 394 g/mol. The third-order valence-corrected chi connectivity index (χ3v) is 7.08. The number of benzene rings is 1. The van der Waals surface area contributed by atoms with Gasteiger partial charge in [-0.05, 0) is 37.8 Å². The van der Waals surface area contributed by atoms with E-state index in [9.17, 15) is 13.2 Å². The Morgan fingerprint density at radius 1 is 1.19 bits per heavy atom. The molecule has 4 rings (SSSR count). The van der Waals surface area contributed by atoms with E-state index in [-0.39, 0.29) is 22.5 Å². The molecule has 2 aliphatic rings. The Morgan fingerprint density at radius 2 is 1.89 bits per heavy atom. The van der Waals surface area contributed by atoms with E-state index in [4.69, 9.17) is 9.52 Å². The first kappa shape index (κ1) is 18.1. The van der Waals surface area contributed by atoms with Gasteiger partial charge in [0.05, 0.1) is 0 Å². The Balaban J connectivity index is 1.56. The first-order valence-electron chi connectivity index (χ1n) is 9.09. The van der Waals surface area contributed by atoms with Gasteiger partial charge in [0.15, 0.2) is 5.58 Å². The molecule has 2 aliphatic heterocycles. The minimum absolute atomic E-state index is 0.0345. The zero-order valence-corrected chi connectivity index (χ0v) is 15.6. The summed E-state index contributed by atoms with van der Waals surface area (Å²) < 4.78 is 33.1. The number of piperidine rings is 1. The molecule has 3 heterocycles. The van der Waals surface area contributed by atoms with Gasteiger partial charge in [-0.15, -0.1) is 0 Å². The smallest absolute Gasteiger partial charge is 0.407 e. The molecule has 0 bridgehead atoms. The number of likely N-dealkylation sites (tertiary alicyclic amines) is 1. The number of hydrogen-bond donors (Lipinski definition) is 2. The molecule has 9 nitrogen and oxygen atoms in total. The number of rotatable bonds is 4. The number of fused-ring (bicyclic) bond motifs is 1. The highest BCUT2D eigenvalue weighted by molar-refractivity contribution is 7.89. The summed E-state index contributed by atoms with van der Waals surface area (Å²) in [6.45, 7) is 1.95. The van der Waals surface area contributed by atoms with Crippen molar-refractivity contribution < 1.29 is 22.7 Å². The zero-order valence-electron chi connectivity index (χ0n) is 14.8. The minimum atomic E-state index is -3.60. The van der Waals surface area contributed by atoms with Crippen LogP contribution < -0.4 is 5.32 Å². The van der Waals surface area contributed by atoms with Crippen molar-refractivity contribution in [2.75, 3.05) is 31.5 Å². The first-order valence-corrected chi connectivity index (χ1v) is 10.5. The zero-order chi connectivity index (χ0) is 19.0. The van der Waals surface area contributed by atoms with Crippen molar-refractivity contribution in [1.29, 1.82) is 0 Å². The molecule has 2 N–H and O–H groups in total. The van der Waals surface area contributed by atoms with Crippen LogP contribution in [0.5, 0.6) is 0 Å². The van der Waals surface area contributed by atoms with Crippen LogP contribution >= 0.6 is 0 Å². The Hall–Kier alpha value is -2.33. The lowest BCUT2D eigenvalue weighted by atomic mass is 10.1. The molecule has 10 heteroatoms. The lowest BCUT2D eigenvalue weighted by molar-refractivity contribution is 0.133. The van der Waals surface area contributed by atoms with Gasteiger partial charge in [-0.3, -0.25) is 0 Å². The molecule has 2 fully saturated rings. The molecule has 1 aromatic heterocycles. The van der Waals surface area contributed by atoms with Crippen molar-refractivity contribution in [2.24, 2.45) is 0 Å². The fraction of sp³-hybridized carbons (Fsp3) is 0.529. The second kappa shape index (κ2) is 7.01. The third kappa shape index (κ3) is 3.46. The second-order valence-electron chi connectivity index (χ2n) is 6.92.